The Bertz CT molecular complexity index is 498. The summed E-state index contributed by atoms with van der Waals surface area (Å²) in [6.07, 6.45) is 7.40. The Hall–Kier alpha value is -1.65. The Balaban J connectivity index is 1.99. The molecule has 5 nitrogen and oxygen atoms in total. The number of aromatic nitrogens is 4. The van der Waals surface area contributed by atoms with Gasteiger partial charge in [-0.05, 0) is 19.3 Å². The molecule has 0 amide bonds. The van der Waals surface area contributed by atoms with E-state index in [2.05, 4.69) is 19.9 Å². The standard InChI is InChI=1S/C11H15N5/c1-15-8-13-9-7-12-11(14-10(9)15)16-5-3-2-4-6-16/h7-8H,2-6H2,1H3. The maximum Gasteiger partial charge on any atom is 0.227 e. The first-order valence-electron chi connectivity index (χ1n) is 5.73. The fourth-order valence-corrected chi connectivity index (χ4v) is 2.16. The van der Waals surface area contributed by atoms with Gasteiger partial charge in [0.15, 0.2) is 5.65 Å². The van der Waals surface area contributed by atoms with Crippen molar-refractivity contribution in [1.29, 1.82) is 0 Å². The lowest BCUT2D eigenvalue weighted by Gasteiger charge is -2.26. The lowest BCUT2D eigenvalue weighted by Crippen LogP contribution is -2.30. The van der Waals surface area contributed by atoms with Crippen molar-refractivity contribution in [3.05, 3.63) is 12.5 Å². The number of hydrogen-bond acceptors (Lipinski definition) is 4. The molecule has 1 saturated heterocycles. The quantitative estimate of drug-likeness (QED) is 0.723. The molecule has 0 atom stereocenters. The molecular formula is C11H15N5. The zero-order valence-corrected chi connectivity index (χ0v) is 9.43. The maximum atomic E-state index is 4.57. The Labute approximate surface area is 94.1 Å². The second kappa shape index (κ2) is 3.73. The highest BCUT2D eigenvalue weighted by Crippen LogP contribution is 2.17. The third-order valence-corrected chi connectivity index (χ3v) is 3.08. The molecular weight excluding hydrogens is 202 g/mol. The van der Waals surface area contributed by atoms with Crippen molar-refractivity contribution in [2.75, 3.05) is 18.0 Å². The molecule has 0 unspecified atom stereocenters. The summed E-state index contributed by atoms with van der Waals surface area (Å²) in [5.74, 6) is 0.843. The van der Waals surface area contributed by atoms with E-state index in [1.54, 1.807) is 6.33 Å². The first kappa shape index (κ1) is 9.57. The van der Waals surface area contributed by atoms with Crippen molar-refractivity contribution < 1.29 is 0 Å². The minimum Gasteiger partial charge on any atom is -0.341 e. The maximum absolute atomic E-state index is 4.57. The zero-order valence-electron chi connectivity index (χ0n) is 9.43. The molecule has 1 aliphatic heterocycles. The largest absolute Gasteiger partial charge is 0.341 e. The third kappa shape index (κ3) is 1.52. The Kier molecular flexibility index (Phi) is 2.23. The van der Waals surface area contributed by atoms with E-state index < -0.39 is 0 Å². The highest BCUT2D eigenvalue weighted by Gasteiger charge is 2.14. The van der Waals surface area contributed by atoms with Crippen LogP contribution in [0.1, 0.15) is 19.3 Å². The van der Waals surface area contributed by atoms with Gasteiger partial charge in [-0.1, -0.05) is 0 Å². The summed E-state index contributed by atoms with van der Waals surface area (Å²) in [4.78, 5) is 15.4. The van der Waals surface area contributed by atoms with Gasteiger partial charge in [0.2, 0.25) is 5.95 Å². The van der Waals surface area contributed by atoms with Crippen molar-refractivity contribution in [3.63, 3.8) is 0 Å². The lowest BCUT2D eigenvalue weighted by molar-refractivity contribution is 0.568. The summed E-state index contributed by atoms with van der Waals surface area (Å²) in [6.45, 7) is 2.15. The lowest BCUT2D eigenvalue weighted by atomic mass is 10.1. The highest BCUT2D eigenvalue weighted by atomic mass is 15.3. The van der Waals surface area contributed by atoms with Gasteiger partial charge >= 0.3 is 0 Å². The molecule has 0 saturated carbocycles. The predicted molar refractivity (Wildman–Crippen MR) is 62.4 cm³/mol. The summed E-state index contributed by atoms with van der Waals surface area (Å²) in [6, 6.07) is 0. The van der Waals surface area contributed by atoms with Crippen molar-refractivity contribution in [2.24, 2.45) is 7.05 Å². The molecule has 0 bridgehead atoms. The molecule has 3 rings (SSSR count). The summed E-state index contributed by atoms with van der Waals surface area (Å²) in [7, 11) is 1.96. The molecule has 0 N–H and O–H groups in total. The summed E-state index contributed by atoms with van der Waals surface area (Å²) < 4.78 is 1.93. The van der Waals surface area contributed by atoms with Crippen LogP contribution in [0.15, 0.2) is 12.5 Å². The fraction of sp³-hybridized carbons (Fsp3) is 0.545. The van der Waals surface area contributed by atoms with E-state index >= 15 is 0 Å². The van der Waals surface area contributed by atoms with Gasteiger partial charge in [-0.3, -0.25) is 0 Å². The minimum absolute atomic E-state index is 0.843. The van der Waals surface area contributed by atoms with Gasteiger partial charge in [0.1, 0.15) is 5.52 Å². The number of nitrogens with zero attached hydrogens (tertiary/aromatic N) is 5. The monoisotopic (exact) mass is 217 g/mol. The van der Waals surface area contributed by atoms with Gasteiger partial charge in [0, 0.05) is 20.1 Å². The van der Waals surface area contributed by atoms with Gasteiger partial charge in [-0.25, -0.2) is 9.97 Å². The molecule has 0 aliphatic carbocycles. The number of aryl methyl sites for hydroxylation is 1. The van der Waals surface area contributed by atoms with Crippen LogP contribution in [-0.4, -0.2) is 32.6 Å². The molecule has 0 radical (unpaired) electrons. The average Bonchev–Trinajstić information content (AvgIpc) is 2.72. The van der Waals surface area contributed by atoms with Gasteiger partial charge in [-0.2, -0.15) is 4.98 Å². The van der Waals surface area contributed by atoms with Crippen LogP contribution in [0.2, 0.25) is 0 Å². The number of fused-ring (bicyclic) bond motifs is 1. The molecule has 1 fully saturated rings. The smallest absolute Gasteiger partial charge is 0.227 e. The van der Waals surface area contributed by atoms with Crippen LogP contribution in [0.5, 0.6) is 0 Å². The van der Waals surface area contributed by atoms with E-state index in [1.165, 1.54) is 19.3 Å². The molecule has 5 heteroatoms. The van der Waals surface area contributed by atoms with Crippen molar-refractivity contribution in [2.45, 2.75) is 19.3 Å². The van der Waals surface area contributed by atoms with Gasteiger partial charge in [-0.15, -0.1) is 0 Å². The molecule has 16 heavy (non-hydrogen) atoms. The normalized spacial score (nSPS) is 16.9. The Morgan fingerprint density at radius 1 is 1.12 bits per heavy atom. The molecule has 84 valence electrons. The Morgan fingerprint density at radius 2 is 1.94 bits per heavy atom. The van der Waals surface area contributed by atoms with E-state index in [9.17, 15) is 0 Å². The van der Waals surface area contributed by atoms with E-state index in [0.717, 1.165) is 30.2 Å². The first-order chi connectivity index (χ1) is 7.84. The van der Waals surface area contributed by atoms with Crippen LogP contribution in [0.3, 0.4) is 0 Å². The molecule has 2 aromatic heterocycles. The van der Waals surface area contributed by atoms with E-state index in [0.29, 0.717) is 0 Å². The van der Waals surface area contributed by atoms with E-state index in [1.807, 2.05) is 17.8 Å². The van der Waals surface area contributed by atoms with Crippen LogP contribution in [0.25, 0.3) is 11.2 Å². The topological polar surface area (TPSA) is 46.8 Å². The van der Waals surface area contributed by atoms with Crippen LogP contribution in [-0.2, 0) is 7.05 Å². The number of anilines is 1. The second-order valence-electron chi connectivity index (χ2n) is 4.28. The first-order valence-corrected chi connectivity index (χ1v) is 5.73. The van der Waals surface area contributed by atoms with Gasteiger partial charge < -0.3 is 9.47 Å². The zero-order chi connectivity index (χ0) is 11.0. The molecule has 3 heterocycles. The highest BCUT2D eigenvalue weighted by molar-refractivity contribution is 5.70. The van der Waals surface area contributed by atoms with Crippen LogP contribution < -0.4 is 4.90 Å². The number of rotatable bonds is 1. The van der Waals surface area contributed by atoms with E-state index in [-0.39, 0.29) is 0 Å². The molecule has 1 aliphatic rings. The second-order valence-corrected chi connectivity index (χ2v) is 4.28. The summed E-state index contributed by atoms with van der Waals surface area (Å²) in [5.41, 5.74) is 1.78. The van der Waals surface area contributed by atoms with Crippen LogP contribution >= 0.6 is 0 Å². The van der Waals surface area contributed by atoms with Crippen LogP contribution in [0.4, 0.5) is 5.95 Å². The number of piperidine rings is 1. The predicted octanol–water partition coefficient (Wildman–Crippen LogP) is 1.35. The molecule has 0 aromatic carbocycles. The summed E-state index contributed by atoms with van der Waals surface area (Å²) in [5, 5.41) is 0. The van der Waals surface area contributed by atoms with Crippen molar-refractivity contribution in [3.8, 4) is 0 Å². The minimum atomic E-state index is 0.843. The number of imidazole rings is 1. The number of hydrogen-bond donors (Lipinski definition) is 0. The fourth-order valence-electron chi connectivity index (χ4n) is 2.16. The third-order valence-electron chi connectivity index (χ3n) is 3.08. The summed E-state index contributed by atoms with van der Waals surface area (Å²) >= 11 is 0. The Morgan fingerprint density at radius 3 is 2.75 bits per heavy atom. The van der Waals surface area contributed by atoms with E-state index in [4.69, 9.17) is 0 Å². The van der Waals surface area contributed by atoms with Gasteiger partial charge in [0.05, 0.1) is 12.5 Å². The molecule has 2 aromatic rings. The van der Waals surface area contributed by atoms with Crippen molar-refractivity contribution in [1.82, 2.24) is 19.5 Å². The SMILES string of the molecule is Cn1cnc2cnc(N3CCCCC3)nc21. The molecule has 0 spiro atoms. The van der Waals surface area contributed by atoms with Gasteiger partial charge in [0.25, 0.3) is 0 Å². The van der Waals surface area contributed by atoms with Crippen LogP contribution in [0, 0.1) is 0 Å². The van der Waals surface area contributed by atoms with Crippen molar-refractivity contribution >= 4 is 17.1 Å². The average molecular weight is 217 g/mol.